The smallest absolute Gasteiger partial charge is 0.122 e. The number of nitrogens with one attached hydrogen (secondary N) is 1. The molecule has 1 aromatic heterocycles. The van der Waals surface area contributed by atoms with Crippen LogP contribution in [-0.2, 0) is 13.0 Å². The van der Waals surface area contributed by atoms with Gasteiger partial charge in [-0.25, -0.2) is 0 Å². The molecule has 0 fully saturated rings. The predicted molar refractivity (Wildman–Crippen MR) is 89.8 cm³/mol. The maximum Gasteiger partial charge on any atom is 0.122 e. The Hall–Kier alpha value is -0.840. The number of aryl methyl sites for hydroxylation is 1. The van der Waals surface area contributed by atoms with Gasteiger partial charge in [0, 0.05) is 26.8 Å². The Bertz CT molecular complexity index is 548. The molecule has 0 bridgehead atoms. The number of hydrogen-bond acceptors (Lipinski definition) is 3. The lowest BCUT2D eigenvalue weighted by Crippen LogP contribution is -2.27. The van der Waals surface area contributed by atoms with Crippen molar-refractivity contribution >= 4 is 27.3 Å². The molecule has 2 nitrogen and oxygen atoms in total. The number of methoxy groups -OCH3 is 1. The van der Waals surface area contributed by atoms with Crippen LogP contribution in [0.2, 0.25) is 0 Å². The van der Waals surface area contributed by atoms with E-state index in [9.17, 15) is 0 Å². The van der Waals surface area contributed by atoms with Crippen LogP contribution in [0.3, 0.4) is 0 Å². The molecular formula is C16H20BrNOS. The third-order valence-electron chi connectivity index (χ3n) is 3.25. The van der Waals surface area contributed by atoms with Gasteiger partial charge in [0.2, 0.25) is 0 Å². The molecule has 1 unspecified atom stereocenters. The molecule has 2 aromatic rings. The highest BCUT2D eigenvalue weighted by atomic mass is 79.9. The van der Waals surface area contributed by atoms with E-state index in [4.69, 9.17) is 4.74 Å². The number of thiophene rings is 1. The second-order valence-corrected chi connectivity index (χ2v) is 7.11. The number of benzene rings is 1. The van der Waals surface area contributed by atoms with E-state index in [2.05, 4.69) is 53.3 Å². The van der Waals surface area contributed by atoms with Crippen LogP contribution in [0.15, 0.2) is 34.8 Å². The summed E-state index contributed by atoms with van der Waals surface area (Å²) in [7, 11) is 1.73. The highest BCUT2D eigenvalue weighted by Crippen LogP contribution is 2.26. The first-order chi connectivity index (χ1) is 9.60. The van der Waals surface area contributed by atoms with Crippen molar-refractivity contribution in [1.29, 1.82) is 0 Å². The molecule has 0 radical (unpaired) electrons. The molecule has 0 saturated heterocycles. The van der Waals surface area contributed by atoms with Crippen molar-refractivity contribution in [3.63, 3.8) is 0 Å². The van der Waals surface area contributed by atoms with E-state index >= 15 is 0 Å². The van der Waals surface area contributed by atoms with Gasteiger partial charge in [-0.2, -0.15) is 0 Å². The van der Waals surface area contributed by atoms with Crippen LogP contribution in [-0.4, -0.2) is 13.2 Å². The molecule has 1 N–H and O–H groups in total. The molecule has 1 heterocycles. The van der Waals surface area contributed by atoms with Gasteiger partial charge in [-0.1, -0.05) is 18.2 Å². The van der Waals surface area contributed by atoms with E-state index in [0.29, 0.717) is 6.04 Å². The van der Waals surface area contributed by atoms with E-state index in [1.54, 1.807) is 7.11 Å². The molecule has 2 rings (SSSR count). The molecule has 108 valence electrons. The van der Waals surface area contributed by atoms with Gasteiger partial charge in [0.05, 0.1) is 7.11 Å². The van der Waals surface area contributed by atoms with Crippen molar-refractivity contribution in [2.45, 2.75) is 32.9 Å². The van der Waals surface area contributed by atoms with Crippen molar-refractivity contribution < 1.29 is 4.74 Å². The third kappa shape index (κ3) is 4.08. The van der Waals surface area contributed by atoms with Gasteiger partial charge in [0.15, 0.2) is 0 Å². The Morgan fingerprint density at radius 2 is 2.10 bits per heavy atom. The van der Waals surface area contributed by atoms with Gasteiger partial charge in [-0.15, -0.1) is 11.3 Å². The number of hydrogen-bond donors (Lipinski definition) is 1. The van der Waals surface area contributed by atoms with Crippen molar-refractivity contribution in [3.05, 3.63) is 50.1 Å². The van der Waals surface area contributed by atoms with Crippen molar-refractivity contribution in [3.8, 4) is 5.75 Å². The highest BCUT2D eigenvalue weighted by molar-refractivity contribution is 9.10. The van der Waals surface area contributed by atoms with Crippen molar-refractivity contribution in [2.24, 2.45) is 0 Å². The summed E-state index contributed by atoms with van der Waals surface area (Å²) in [5.41, 5.74) is 1.25. The van der Waals surface area contributed by atoms with Crippen LogP contribution in [0.4, 0.5) is 0 Å². The summed E-state index contributed by atoms with van der Waals surface area (Å²) in [6.45, 7) is 5.26. The van der Waals surface area contributed by atoms with Crippen LogP contribution >= 0.6 is 27.3 Å². The monoisotopic (exact) mass is 353 g/mol. The van der Waals surface area contributed by atoms with Gasteiger partial charge < -0.3 is 10.1 Å². The van der Waals surface area contributed by atoms with E-state index in [-0.39, 0.29) is 0 Å². The maximum absolute atomic E-state index is 5.40. The van der Waals surface area contributed by atoms with E-state index < -0.39 is 0 Å². The molecule has 0 aliphatic rings. The Kier molecular flexibility index (Phi) is 5.64. The van der Waals surface area contributed by atoms with Crippen LogP contribution < -0.4 is 10.1 Å². The Balaban J connectivity index is 1.90. The minimum atomic E-state index is 0.410. The first kappa shape index (κ1) is 15.5. The second kappa shape index (κ2) is 7.25. The van der Waals surface area contributed by atoms with Gasteiger partial charge in [0.25, 0.3) is 0 Å². The summed E-state index contributed by atoms with van der Waals surface area (Å²) in [6.07, 6.45) is 0.968. The Labute approximate surface area is 133 Å². The normalized spacial score (nSPS) is 12.4. The summed E-state index contributed by atoms with van der Waals surface area (Å²) in [5, 5.41) is 3.57. The minimum absolute atomic E-state index is 0.410. The standard InChI is InChI=1S/C16H20BrNOS/c1-11(8-13-6-4-5-7-16(13)19-3)18-10-14-9-15(17)12(2)20-14/h4-7,9,11,18H,8,10H2,1-3H3. The van der Waals surface area contributed by atoms with Crippen molar-refractivity contribution in [2.75, 3.05) is 7.11 Å². The molecule has 0 spiro atoms. The number of para-hydroxylation sites is 1. The average Bonchev–Trinajstić information content (AvgIpc) is 2.76. The van der Waals surface area contributed by atoms with Gasteiger partial charge >= 0.3 is 0 Å². The molecular weight excluding hydrogens is 334 g/mol. The molecule has 0 amide bonds. The van der Waals surface area contributed by atoms with E-state index in [1.165, 1.54) is 19.8 Å². The SMILES string of the molecule is COc1ccccc1CC(C)NCc1cc(Br)c(C)s1. The van der Waals surface area contributed by atoms with Gasteiger partial charge in [0.1, 0.15) is 5.75 Å². The fraction of sp³-hybridized carbons (Fsp3) is 0.375. The number of ether oxygens (including phenoxy) is 1. The number of halogens is 1. The summed E-state index contributed by atoms with van der Waals surface area (Å²) in [4.78, 5) is 2.69. The van der Waals surface area contributed by atoms with Crippen LogP contribution in [0, 0.1) is 6.92 Å². The first-order valence-corrected chi connectivity index (χ1v) is 8.31. The van der Waals surface area contributed by atoms with Gasteiger partial charge in [-0.05, 0) is 53.9 Å². The van der Waals surface area contributed by atoms with Crippen LogP contribution in [0.25, 0.3) is 0 Å². The quantitative estimate of drug-likeness (QED) is 0.822. The number of rotatable bonds is 6. The fourth-order valence-corrected chi connectivity index (χ4v) is 3.71. The predicted octanol–water partition coefficient (Wildman–Crippen LogP) is 4.55. The topological polar surface area (TPSA) is 21.3 Å². The summed E-state index contributed by atoms with van der Waals surface area (Å²) < 4.78 is 6.60. The minimum Gasteiger partial charge on any atom is -0.496 e. The van der Waals surface area contributed by atoms with Crippen LogP contribution in [0.5, 0.6) is 5.75 Å². The zero-order chi connectivity index (χ0) is 14.5. The Morgan fingerprint density at radius 1 is 1.35 bits per heavy atom. The molecule has 1 atom stereocenters. The third-order valence-corrected chi connectivity index (χ3v) is 5.39. The molecule has 4 heteroatoms. The summed E-state index contributed by atoms with van der Waals surface area (Å²) >= 11 is 5.40. The van der Waals surface area contributed by atoms with Crippen molar-refractivity contribution in [1.82, 2.24) is 5.32 Å². The lowest BCUT2D eigenvalue weighted by atomic mass is 10.1. The molecule has 20 heavy (non-hydrogen) atoms. The molecule has 0 saturated carbocycles. The average molecular weight is 354 g/mol. The second-order valence-electron chi connectivity index (χ2n) is 4.91. The first-order valence-electron chi connectivity index (χ1n) is 6.70. The summed E-state index contributed by atoms with van der Waals surface area (Å²) in [5.74, 6) is 0.968. The molecule has 0 aliphatic carbocycles. The largest absolute Gasteiger partial charge is 0.496 e. The zero-order valence-corrected chi connectivity index (χ0v) is 14.5. The molecule has 0 aliphatic heterocycles. The maximum atomic E-state index is 5.40. The zero-order valence-electron chi connectivity index (χ0n) is 12.1. The van der Waals surface area contributed by atoms with Crippen LogP contribution in [0.1, 0.15) is 22.2 Å². The van der Waals surface area contributed by atoms with Gasteiger partial charge in [-0.3, -0.25) is 0 Å². The lowest BCUT2D eigenvalue weighted by Gasteiger charge is -2.15. The lowest BCUT2D eigenvalue weighted by molar-refractivity contribution is 0.406. The van der Waals surface area contributed by atoms with E-state index in [1.807, 2.05) is 23.5 Å². The summed E-state index contributed by atoms with van der Waals surface area (Å²) in [6, 6.07) is 10.8. The van der Waals surface area contributed by atoms with E-state index in [0.717, 1.165) is 18.7 Å². The molecule has 1 aromatic carbocycles. The highest BCUT2D eigenvalue weighted by Gasteiger charge is 2.09. The Morgan fingerprint density at radius 3 is 2.75 bits per heavy atom. The fourth-order valence-electron chi connectivity index (χ4n) is 2.15.